The van der Waals surface area contributed by atoms with Gasteiger partial charge in [-0.2, -0.15) is 0 Å². The minimum Gasteiger partial charge on any atom is -0.350 e. The molecule has 1 fully saturated rings. The first-order valence-electron chi connectivity index (χ1n) is 6.47. The average Bonchev–Trinajstić information content (AvgIpc) is 3.30. The van der Waals surface area contributed by atoms with E-state index in [1.54, 1.807) is 24.7 Å². The van der Waals surface area contributed by atoms with Crippen molar-refractivity contribution in [1.29, 1.82) is 0 Å². The molecule has 0 radical (unpaired) electrons. The highest BCUT2D eigenvalue weighted by molar-refractivity contribution is 5.93. The van der Waals surface area contributed by atoms with E-state index in [1.807, 2.05) is 18.2 Å². The zero-order valence-electron chi connectivity index (χ0n) is 10.5. The Balaban J connectivity index is 1.77. The highest BCUT2D eigenvalue weighted by atomic mass is 16.1. The molecule has 0 saturated heterocycles. The largest absolute Gasteiger partial charge is 0.350 e. The molecule has 3 rings (SSSR count). The fourth-order valence-corrected chi connectivity index (χ4v) is 1.92. The van der Waals surface area contributed by atoms with Gasteiger partial charge in [0.1, 0.15) is 5.69 Å². The van der Waals surface area contributed by atoms with E-state index in [-0.39, 0.29) is 5.91 Å². The zero-order chi connectivity index (χ0) is 13.1. The van der Waals surface area contributed by atoms with E-state index < -0.39 is 0 Å². The van der Waals surface area contributed by atoms with E-state index in [0.717, 1.165) is 17.7 Å². The molecule has 1 N–H and O–H groups in total. The molecule has 0 aliphatic heterocycles. The lowest BCUT2D eigenvalue weighted by atomic mass is 10.1. The molecule has 1 saturated carbocycles. The second-order valence-corrected chi connectivity index (χ2v) is 4.82. The summed E-state index contributed by atoms with van der Waals surface area (Å²) in [5.41, 5.74) is 2.41. The molecule has 0 aromatic carbocycles. The third kappa shape index (κ3) is 2.96. The van der Waals surface area contributed by atoms with Crippen LogP contribution in [0.3, 0.4) is 0 Å². The first kappa shape index (κ1) is 11.8. The Morgan fingerprint density at radius 2 is 2.16 bits per heavy atom. The standard InChI is InChI=1S/C15H15N3O/c19-15(18-9-11-3-4-11)14-8-12(5-7-17-14)13-2-1-6-16-10-13/h1-2,5-8,10-11H,3-4,9H2,(H,18,19). The minimum atomic E-state index is -0.0994. The number of pyridine rings is 2. The quantitative estimate of drug-likeness (QED) is 0.909. The Bertz CT molecular complexity index is 579. The predicted molar refractivity (Wildman–Crippen MR) is 72.5 cm³/mol. The molecule has 96 valence electrons. The monoisotopic (exact) mass is 253 g/mol. The molecule has 2 heterocycles. The first-order valence-corrected chi connectivity index (χ1v) is 6.47. The molecule has 0 bridgehead atoms. The Labute approximate surface area is 111 Å². The predicted octanol–water partition coefficient (Wildman–Crippen LogP) is 2.28. The van der Waals surface area contributed by atoms with Gasteiger partial charge in [0.2, 0.25) is 0 Å². The van der Waals surface area contributed by atoms with Gasteiger partial charge in [0, 0.05) is 30.7 Å². The van der Waals surface area contributed by atoms with Crippen LogP contribution in [0, 0.1) is 5.92 Å². The second-order valence-electron chi connectivity index (χ2n) is 4.82. The first-order chi connectivity index (χ1) is 9.33. The third-order valence-electron chi connectivity index (χ3n) is 3.24. The van der Waals surface area contributed by atoms with E-state index in [2.05, 4.69) is 15.3 Å². The summed E-state index contributed by atoms with van der Waals surface area (Å²) in [6.45, 7) is 0.762. The molecule has 1 aliphatic rings. The van der Waals surface area contributed by atoms with Crippen molar-refractivity contribution in [1.82, 2.24) is 15.3 Å². The highest BCUT2D eigenvalue weighted by Gasteiger charge is 2.22. The molecule has 1 aliphatic carbocycles. The fourth-order valence-electron chi connectivity index (χ4n) is 1.92. The van der Waals surface area contributed by atoms with Gasteiger partial charge in [0.05, 0.1) is 0 Å². The lowest BCUT2D eigenvalue weighted by molar-refractivity contribution is 0.0947. The van der Waals surface area contributed by atoms with Crippen molar-refractivity contribution < 1.29 is 4.79 Å². The zero-order valence-corrected chi connectivity index (χ0v) is 10.5. The molecule has 2 aromatic rings. The normalized spacial score (nSPS) is 14.1. The average molecular weight is 253 g/mol. The van der Waals surface area contributed by atoms with Gasteiger partial charge < -0.3 is 5.32 Å². The maximum atomic E-state index is 12.0. The minimum absolute atomic E-state index is 0.0994. The van der Waals surface area contributed by atoms with Gasteiger partial charge in [-0.1, -0.05) is 6.07 Å². The molecule has 2 aromatic heterocycles. The van der Waals surface area contributed by atoms with Crippen LogP contribution in [-0.4, -0.2) is 22.4 Å². The summed E-state index contributed by atoms with van der Waals surface area (Å²) in [4.78, 5) is 20.2. The number of hydrogen-bond donors (Lipinski definition) is 1. The summed E-state index contributed by atoms with van der Waals surface area (Å²) < 4.78 is 0. The van der Waals surface area contributed by atoms with E-state index >= 15 is 0 Å². The van der Waals surface area contributed by atoms with Crippen molar-refractivity contribution in [2.75, 3.05) is 6.54 Å². The van der Waals surface area contributed by atoms with Crippen LogP contribution in [0.2, 0.25) is 0 Å². The number of hydrogen-bond acceptors (Lipinski definition) is 3. The van der Waals surface area contributed by atoms with Crippen molar-refractivity contribution in [2.45, 2.75) is 12.8 Å². The molecule has 4 nitrogen and oxygen atoms in total. The molecule has 0 atom stereocenters. The van der Waals surface area contributed by atoms with E-state index in [4.69, 9.17) is 0 Å². The summed E-state index contributed by atoms with van der Waals surface area (Å²) >= 11 is 0. The van der Waals surface area contributed by atoms with Gasteiger partial charge in [0.15, 0.2) is 0 Å². The molecule has 0 unspecified atom stereocenters. The fraction of sp³-hybridized carbons (Fsp3) is 0.267. The summed E-state index contributed by atoms with van der Waals surface area (Å²) in [7, 11) is 0. The molecular weight excluding hydrogens is 238 g/mol. The van der Waals surface area contributed by atoms with Crippen molar-refractivity contribution in [3.8, 4) is 11.1 Å². The Morgan fingerprint density at radius 3 is 2.89 bits per heavy atom. The number of nitrogens with zero attached hydrogens (tertiary/aromatic N) is 2. The van der Waals surface area contributed by atoms with E-state index in [1.165, 1.54) is 12.8 Å². The van der Waals surface area contributed by atoms with Crippen LogP contribution in [0.25, 0.3) is 11.1 Å². The van der Waals surface area contributed by atoms with Crippen molar-refractivity contribution in [2.24, 2.45) is 5.92 Å². The van der Waals surface area contributed by atoms with Crippen LogP contribution >= 0.6 is 0 Å². The van der Waals surface area contributed by atoms with Crippen molar-refractivity contribution in [3.63, 3.8) is 0 Å². The number of rotatable bonds is 4. The Hall–Kier alpha value is -2.23. The summed E-state index contributed by atoms with van der Waals surface area (Å²) in [5.74, 6) is 0.572. The summed E-state index contributed by atoms with van der Waals surface area (Å²) in [6.07, 6.45) is 7.62. The maximum Gasteiger partial charge on any atom is 0.269 e. The number of aromatic nitrogens is 2. The van der Waals surface area contributed by atoms with Gasteiger partial charge in [0.25, 0.3) is 5.91 Å². The Morgan fingerprint density at radius 1 is 1.26 bits per heavy atom. The smallest absolute Gasteiger partial charge is 0.269 e. The number of carbonyl (C=O) groups is 1. The Kier molecular flexibility index (Phi) is 3.23. The molecular formula is C15H15N3O. The van der Waals surface area contributed by atoms with Crippen LogP contribution < -0.4 is 5.32 Å². The van der Waals surface area contributed by atoms with Crippen LogP contribution in [0.5, 0.6) is 0 Å². The van der Waals surface area contributed by atoms with Gasteiger partial charge in [-0.3, -0.25) is 14.8 Å². The van der Waals surface area contributed by atoms with Gasteiger partial charge in [-0.25, -0.2) is 0 Å². The maximum absolute atomic E-state index is 12.0. The van der Waals surface area contributed by atoms with Crippen molar-refractivity contribution in [3.05, 3.63) is 48.5 Å². The topological polar surface area (TPSA) is 54.9 Å². The molecule has 19 heavy (non-hydrogen) atoms. The lowest BCUT2D eigenvalue weighted by Crippen LogP contribution is -2.26. The highest BCUT2D eigenvalue weighted by Crippen LogP contribution is 2.27. The van der Waals surface area contributed by atoms with Crippen LogP contribution in [-0.2, 0) is 0 Å². The van der Waals surface area contributed by atoms with Gasteiger partial charge in [-0.05, 0) is 42.5 Å². The summed E-state index contributed by atoms with van der Waals surface area (Å²) in [5, 5.41) is 2.92. The SMILES string of the molecule is O=C(NCC1CC1)c1cc(-c2cccnc2)ccn1. The van der Waals surface area contributed by atoms with Crippen LogP contribution in [0.4, 0.5) is 0 Å². The number of nitrogens with one attached hydrogen (secondary N) is 1. The number of amides is 1. The lowest BCUT2D eigenvalue weighted by Gasteiger charge is -2.05. The second kappa shape index (κ2) is 5.18. The van der Waals surface area contributed by atoms with Crippen LogP contribution in [0.15, 0.2) is 42.9 Å². The van der Waals surface area contributed by atoms with Gasteiger partial charge in [-0.15, -0.1) is 0 Å². The summed E-state index contributed by atoms with van der Waals surface area (Å²) in [6, 6.07) is 7.53. The molecule has 4 heteroatoms. The van der Waals surface area contributed by atoms with E-state index in [9.17, 15) is 4.79 Å². The van der Waals surface area contributed by atoms with Crippen molar-refractivity contribution >= 4 is 5.91 Å². The number of carbonyl (C=O) groups excluding carboxylic acids is 1. The third-order valence-corrected chi connectivity index (χ3v) is 3.24. The molecule has 0 spiro atoms. The molecule has 1 amide bonds. The van der Waals surface area contributed by atoms with E-state index in [0.29, 0.717) is 11.6 Å². The van der Waals surface area contributed by atoms with Crippen LogP contribution in [0.1, 0.15) is 23.3 Å². The van der Waals surface area contributed by atoms with Gasteiger partial charge >= 0.3 is 0 Å².